The zero-order chi connectivity index (χ0) is 11.9. The molecule has 1 aromatic heterocycles. The van der Waals surface area contributed by atoms with Gasteiger partial charge in [-0.25, -0.2) is 4.98 Å². The van der Waals surface area contributed by atoms with Gasteiger partial charge >= 0.3 is 0 Å². The van der Waals surface area contributed by atoms with E-state index in [2.05, 4.69) is 29.5 Å². The molecule has 0 amide bonds. The third-order valence-electron chi connectivity index (χ3n) is 4.19. The van der Waals surface area contributed by atoms with E-state index in [4.69, 9.17) is 0 Å². The summed E-state index contributed by atoms with van der Waals surface area (Å²) in [6.07, 6.45) is 6.77. The number of rotatable bonds is 6. The molecule has 0 saturated heterocycles. The number of hydrogen-bond acceptors (Lipinski definition) is 3. The fourth-order valence-electron chi connectivity index (χ4n) is 2.70. The van der Waals surface area contributed by atoms with Gasteiger partial charge in [-0.2, -0.15) is 0 Å². The molecule has 3 rings (SSSR count). The van der Waals surface area contributed by atoms with E-state index in [-0.39, 0.29) is 0 Å². The molecule has 0 radical (unpaired) electrons. The smallest absolute Gasteiger partial charge is 0.0897 e. The highest BCUT2D eigenvalue weighted by molar-refractivity contribution is 7.09. The van der Waals surface area contributed by atoms with Crippen LogP contribution in [-0.2, 0) is 6.42 Å². The van der Waals surface area contributed by atoms with Crippen molar-refractivity contribution in [3.8, 4) is 0 Å². The summed E-state index contributed by atoms with van der Waals surface area (Å²) in [4.78, 5) is 4.64. The van der Waals surface area contributed by atoms with Gasteiger partial charge in [0.2, 0.25) is 0 Å². The number of aryl methyl sites for hydroxylation is 1. The fraction of sp³-hybridized carbons (Fsp3) is 0.786. The third-order valence-corrected chi connectivity index (χ3v) is 5.01. The summed E-state index contributed by atoms with van der Waals surface area (Å²) in [6, 6.07) is 0.824. The topological polar surface area (TPSA) is 24.9 Å². The van der Waals surface area contributed by atoms with Crippen LogP contribution in [0.3, 0.4) is 0 Å². The number of hydrogen-bond donors (Lipinski definition) is 1. The van der Waals surface area contributed by atoms with E-state index in [1.807, 2.05) is 0 Å². The van der Waals surface area contributed by atoms with E-state index in [0.29, 0.717) is 5.41 Å². The van der Waals surface area contributed by atoms with Gasteiger partial charge in [-0.15, -0.1) is 11.3 Å². The van der Waals surface area contributed by atoms with E-state index in [9.17, 15) is 0 Å². The zero-order valence-electron chi connectivity index (χ0n) is 10.8. The van der Waals surface area contributed by atoms with Gasteiger partial charge < -0.3 is 5.32 Å². The molecule has 1 heterocycles. The van der Waals surface area contributed by atoms with Crippen LogP contribution in [0.15, 0.2) is 5.38 Å². The Hall–Kier alpha value is -0.410. The standard InChI is InChI=1S/C14H22N2S/c1-10-16-13(8-17-10)7-14(2,11-3-4-11)9-15-12-5-6-12/h8,11-12,15H,3-7,9H2,1-2H3. The van der Waals surface area contributed by atoms with Gasteiger partial charge in [0.05, 0.1) is 10.7 Å². The summed E-state index contributed by atoms with van der Waals surface area (Å²) in [7, 11) is 0. The average Bonchev–Trinajstić information content (AvgIpc) is 3.16. The normalized spacial score (nSPS) is 23.6. The van der Waals surface area contributed by atoms with Gasteiger partial charge in [0.15, 0.2) is 0 Å². The highest BCUT2D eigenvalue weighted by Crippen LogP contribution is 2.47. The van der Waals surface area contributed by atoms with E-state index in [1.54, 1.807) is 11.3 Å². The number of nitrogens with one attached hydrogen (secondary N) is 1. The molecule has 17 heavy (non-hydrogen) atoms. The van der Waals surface area contributed by atoms with Crippen LogP contribution in [0.5, 0.6) is 0 Å². The lowest BCUT2D eigenvalue weighted by Gasteiger charge is -2.29. The lowest BCUT2D eigenvalue weighted by molar-refractivity contribution is 0.252. The monoisotopic (exact) mass is 250 g/mol. The van der Waals surface area contributed by atoms with Crippen LogP contribution < -0.4 is 5.32 Å². The maximum atomic E-state index is 4.64. The molecule has 1 aromatic rings. The molecule has 1 N–H and O–H groups in total. The maximum absolute atomic E-state index is 4.64. The molecular weight excluding hydrogens is 228 g/mol. The Labute approximate surface area is 108 Å². The third kappa shape index (κ3) is 2.89. The predicted octanol–water partition coefficient (Wildman–Crippen LogP) is 3.16. The molecule has 2 fully saturated rings. The molecule has 2 aliphatic rings. The van der Waals surface area contributed by atoms with Gasteiger partial charge in [-0.1, -0.05) is 6.92 Å². The highest BCUT2D eigenvalue weighted by Gasteiger charge is 2.42. The van der Waals surface area contributed by atoms with Gasteiger partial charge in [0.1, 0.15) is 0 Å². The summed E-state index contributed by atoms with van der Waals surface area (Å²) in [5.74, 6) is 0.927. The van der Waals surface area contributed by atoms with Crippen molar-refractivity contribution in [2.45, 2.75) is 52.0 Å². The Morgan fingerprint density at radius 3 is 2.71 bits per heavy atom. The molecule has 2 nitrogen and oxygen atoms in total. The molecular formula is C14H22N2S. The van der Waals surface area contributed by atoms with Crippen molar-refractivity contribution in [3.63, 3.8) is 0 Å². The van der Waals surface area contributed by atoms with Crippen molar-refractivity contribution in [2.75, 3.05) is 6.54 Å². The Morgan fingerprint density at radius 2 is 2.18 bits per heavy atom. The zero-order valence-corrected chi connectivity index (χ0v) is 11.6. The summed E-state index contributed by atoms with van der Waals surface area (Å²) in [5, 5.41) is 7.17. The van der Waals surface area contributed by atoms with E-state index < -0.39 is 0 Å². The Morgan fingerprint density at radius 1 is 1.41 bits per heavy atom. The molecule has 1 unspecified atom stereocenters. The number of aromatic nitrogens is 1. The van der Waals surface area contributed by atoms with Crippen molar-refractivity contribution in [1.82, 2.24) is 10.3 Å². The molecule has 0 aromatic carbocycles. The first-order chi connectivity index (χ1) is 8.16. The quantitative estimate of drug-likeness (QED) is 0.839. The molecule has 2 aliphatic carbocycles. The maximum Gasteiger partial charge on any atom is 0.0897 e. The molecule has 0 bridgehead atoms. The SMILES string of the molecule is Cc1nc(CC(C)(CNC2CC2)C2CC2)cs1. The Balaban J connectivity index is 1.65. The minimum atomic E-state index is 0.434. The lowest BCUT2D eigenvalue weighted by atomic mass is 9.80. The summed E-state index contributed by atoms with van der Waals surface area (Å²) >= 11 is 1.78. The second-order valence-corrected chi connectivity index (χ2v) is 7.18. The summed E-state index contributed by atoms with van der Waals surface area (Å²) in [5.41, 5.74) is 1.74. The van der Waals surface area contributed by atoms with Crippen LogP contribution in [0.2, 0.25) is 0 Å². The van der Waals surface area contributed by atoms with Crippen molar-refractivity contribution in [1.29, 1.82) is 0 Å². The second-order valence-electron chi connectivity index (χ2n) is 6.12. The number of nitrogens with zero attached hydrogens (tertiary/aromatic N) is 1. The number of thiazole rings is 1. The molecule has 1 atom stereocenters. The summed E-state index contributed by atoms with van der Waals surface area (Å²) < 4.78 is 0. The molecule has 0 spiro atoms. The first-order valence-electron chi connectivity index (χ1n) is 6.80. The Kier molecular flexibility index (Phi) is 2.99. The van der Waals surface area contributed by atoms with Crippen molar-refractivity contribution >= 4 is 11.3 Å². The van der Waals surface area contributed by atoms with Gasteiger partial charge in [0.25, 0.3) is 0 Å². The molecule has 3 heteroatoms. The van der Waals surface area contributed by atoms with Crippen LogP contribution >= 0.6 is 11.3 Å². The second kappa shape index (κ2) is 4.36. The minimum Gasteiger partial charge on any atom is -0.313 e. The minimum absolute atomic E-state index is 0.434. The van der Waals surface area contributed by atoms with E-state index >= 15 is 0 Å². The first-order valence-corrected chi connectivity index (χ1v) is 7.68. The molecule has 2 saturated carbocycles. The van der Waals surface area contributed by atoms with Crippen molar-refractivity contribution in [2.24, 2.45) is 11.3 Å². The highest BCUT2D eigenvalue weighted by atomic mass is 32.1. The predicted molar refractivity (Wildman–Crippen MR) is 72.4 cm³/mol. The Bertz CT molecular complexity index is 393. The van der Waals surface area contributed by atoms with Crippen LogP contribution in [0.1, 0.15) is 43.3 Å². The van der Waals surface area contributed by atoms with E-state index in [0.717, 1.165) is 18.4 Å². The van der Waals surface area contributed by atoms with Crippen LogP contribution in [0.4, 0.5) is 0 Å². The van der Waals surface area contributed by atoms with Gasteiger partial charge in [-0.3, -0.25) is 0 Å². The van der Waals surface area contributed by atoms with Gasteiger partial charge in [0, 0.05) is 18.0 Å². The van der Waals surface area contributed by atoms with Crippen LogP contribution in [0, 0.1) is 18.3 Å². The van der Waals surface area contributed by atoms with Crippen molar-refractivity contribution in [3.05, 3.63) is 16.1 Å². The lowest BCUT2D eigenvalue weighted by Crippen LogP contribution is -2.36. The molecule has 94 valence electrons. The first kappa shape index (κ1) is 11.7. The largest absolute Gasteiger partial charge is 0.313 e. The summed E-state index contributed by atoms with van der Waals surface area (Å²) in [6.45, 7) is 5.73. The van der Waals surface area contributed by atoms with Crippen LogP contribution in [0.25, 0.3) is 0 Å². The van der Waals surface area contributed by atoms with Gasteiger partial charge in [-0.05, 0) is 50.4 Å². The molecule has 0 aliphatic heterocycles. The fourth-order valence-corrected chi connectivity index (χ4v) is 3.31. The average molecular weight is 250 g/mol. The van der Waals surface area contributed by atoms with Crippen LogP contribution in [-0.4, -0.2) is 17.6 Å². The van der Waals surface area contributed by atoms with E-state index in [1.165, 1.54) is 42.9 Å². The van der Waals surface area contributed by atoms with Crippen molar-refractivity contribution < 1.29 is 0 Å².